The highest BCUT2D eigenvalue weighted by molar-refractivity contribution is 6.30. The van der Waals surface area contributed by atoms with E-state index in [-0.39, 0.29) is 23.7 Å². The van der Waals surface area contributed by atoms with Crippen LogP contribution in [0.15, 0.2) is 42.5 Å². The summed E-state index contributed by atoms with van der Waals surface area (Å²) in [4.78, 5) is 11.9. The lowest BCUT2D eigenvalue weighted by Crippen LogP contribution is -2.28. The summed E-state index contributed by atoms with van der Waals surface area (Å²) in [5.41, 5.74) is 2.38. The molecule has 1 saturated heterocycles. The minimum Gasteiger partial charge on any atom is -0.381 e. The van der Waals surface area contributed by atoms with Crippen LogP contribution in [0.5, 0.6) is 0 Å². The number of carbonyl (C=O) groups is 1. The van der Waals surface area contributed by atoms with Gasteiger partial charge in [0.25, 0.3) is 0 Å². The molecule has 0 radical (unpaired) electrons. The second-order valence-electron chi connectivity index (χ2n) is 6.32. The molecule has 0 spiro atoms. The third kappa shape index (κ3) is 4.39. The standard InChI is InChI=1S/C20H21ClFNO2/c1-2-25-12-15-10-17(23-20(15)24)9-13-3-5-14(6-4-13)18-11-16(21)7-8-19(18)22/h3-8,11,15,17H,2,9-10,12H2,1H3,(H,23,24)/t15-,17+/m0/s1. The van der Waals surface area contributed by atoms with Crippen LogP contribution in [0.25, 0.3) is 11.1 Å². The van der Waals surface area contributed by atoms with Crippen molar-refractivity contribution in [3.05, 3.63) is 58.9 Å². The first-order valence-electron chi connectivity index (χ1n) is 8.49. The summed E-state index contributed by atoms with van der Waals surface area (Å²) in [6.07, 6.45) is 1.54. The van der Waals surface area contributed by atoms with Gasteiger partial charge in [0.05, 0.1) is 12.5 Å². The Morgan fingerprint density at radius 2 is 2.00 bits per heavy atom. The van der Waals surface area contributed by atoms with E-state index in [1.165, 1.54) is 12.1 Å². The highest BCUT2D eigenvalue weighted by atomic mass is 35.5. The van der Waals surface area contributed by atoms with Crippen molar-refractivity contribution in [2.24, 2.45) is 5.92 Å². The zero-order chi connectivity index (χ0) is 17.8. The molecule has 2 atom stereocenters. The number of ether oxygens (including phenoxy) is 1. The Hall–Kier alpha value is -1.91. The van der Waals surface area contributed by atoms with Crippen LogP contribution in [0.3, 0.4) is 0 Å². The summed E-state index contributed by atoms with van der Waals surface area (Å²) in [7, 11) is 0. The molecular weight excluding hydrogens is 341 g/mol. The van der Waals surface area contributed by atoms with Gasteiger partial charge in [0.15, 0.2) is 0 Å². The smallest absolute Gasteiger partial charge is 0.225 e. The number of amides is 1. The maximum Gasteiger partial charge on any atom is 0.225 e. The molecule has 1 aliphatic heterocycles. The fourth-order valence-corrected chi connectivity index (χ4v) is 3.36. The second kappa shape index (κ2) is 7.98. The number of rotatable bonds is 6. The Morgan fingerprint density at radius 3 is 2.72 bits per heavy atom. The molecule has 0 aliphatic carbocycles. The predicted molar refractivity (Wildman–Crippen MR) is 97.1 cm³/mol. The summed E-state index contributed by atoms with van der Waals surface area (Å²) < 4.78 is 19.3. The Labute approximate surface area is 152 Å². The van der Waals surface area contributed by atoms with Gasteiger partial charge in [-0.1, -0.05) is 35.9 Å². The van der Waals surface area contributed by atoms with Gasteiger partial charge in [-0.2, -0.15) is 0 Å². The molecule has 2 aromatic carbocycles. The molecule has 1 amide bonds. The topological polar surface area (TPSA) is 38.3 Å². The van der Waals surface area contributed by atoms with Crippen LogP contribution in [0.2, 0.25) is 5.02 Å². The number of halogens is 2. The fourth-order valence-electron chi connectivity index (χ4n) is 3.19. The Morgan fingerprint density at radius 1 is 1.24 bits per heavy atom. The molecule has 0 bridgehead atoms. The van der Waals surface area contributed by atoms with E-state index >= 15 is 0 Å². The van der Waals surface area contributed by atoms with Gasteiger partial charge in [-0.15, -0.1) is 0 Å². The maximum absolute atomic E-state index is 14.0. The molecule has 1 aliphatic rings. The van der Waals surface area contributed by atoms with Crippen LogP contribution >= 0.6 is 11.6 Å². The van der Waals surface area contributed by atoms with E-state index in [2.05, 4.69) is 5.32 Å². The number of carbonyl (C=O) groups excluding carboxylic acids is 1. The Balaban J connectivity index is 1.65. The molecule has 1 heterocycles. The number of nitrogens with one attached hydrogen (secondary N) is 1. The Bertz CT molecular complexity index is 748. The maximum atomic E-state index is 14.0. The molecule has 132 valence electrons. The van der Waals surface area contributed by atoms with Crippen LogP contribution in [0, 0.1) is 11.7 Å². The molecule has 25 heavy (non-hydrogen) atoms. The first-order chi connectivity index (χ1) is 12.1. The molecule has 0 unspecified atom stereocenters. The molecule has 0 saturated carbocycles. The van der Waals surface area contributed by atoms with Gasteiger partial charge in [-0.3, -0.25) is 4.79 Å². The lowest BCUT2D eigenvalue weighted by atomic mass is 9.98. The lowest BCUT2D eigenvalue weighted by molar-refractivity contribution is -0.124. The van der Waals surface area contributed by atoms with Crippen LogP contribution in [0.1, 0.15) is 18.9 Å². The summed E-state index contributed by atoms with van der Waals surface area (Å²) in [6, 6.07) is 12.4. The summed E-state index contributed by atoms with van der Waals surface area (Å²) in [5.74, 6) is -0.292. The summed E-state index contributed by atoms with van der Waals surface area (Å²) in [5, 5.41) is 3.54. The largest absolute Gasteiger partial charge is 0.381 e. The molecule has 5 heteroatoms. The first kappa shape index (κ1) is 17.9. The quantitative estimate of drug-likeness (QED) is 0.836. The average molecular weight is 362 g/mol. The number of benzene rings is 2. The van der Waals surface area contributed by atoms with Gasteiger partial charge < -0.3 is 10.1 Å². The highest BCUT2D eigenvalue weighted by Crippen LogP contribution is 2.27. The van der Waals surface area contributed by atoms with Crippen LogP contribution in [-0.4, -0.2) is 25.2 Å². The van der Waals surface area contributed by atoms with E-state index in [9.17, 15) is 9.18 Å². The van der Waals surface area contributed by atoms with Crippen molar-refractivity contribution in [1.29, 1.82) is 0 Å². The second-order valence-corrected chi connectivity index (χ2v) is 6.76. The monoisotopic (exact) mass is 361 g/mol. The van der Waals surface area contributed by atoms with Crippen molar-refractivity contribution < 1.29 is 13.9 Å². The first-order valence-corrected chi connectivity index (χ1v) is 8.87. The van der Waals surface area contributed by atoms with Gasteiger partial charge in [0.1, 0.15) is 5.82 Å². The Kier molecular flexibility index (Phi) is 5.71. The zero-order valence-corrected chi connectivity index (χ0v) is 14.9. The van der Waals surface area contributed by atoms with Crippen molar-refractivity contribution in [2.75, 3.05) is 13.2 Å². The molecule has 1 fully saturated rings. The zero-order valence-electron chi connectivity index (χ0n) is 14.1. The fraction of sp³-hybridized carbons (Fsp3) is 0.350. The summed E-state index contributed by atoms with van der Waals surface area (Å²) in [6.45, 7) is 3.02. The van der Waals surface area contributed by atoms with E-state index in [0.29, 0.717) is 23.8 Å². The van der Waals surface area contributed by atoms with Crippen LogP contribution < -0.4 is 5.32 Å². The molecular formula is C20H21ClFNO2. The molecule has 3 rings (SSSR count). The van der Waals surface area contributed by atoms with Gasteiger partial charge in [-0.25, -0.2) is 4.39 Å². The number of hydrogen-bond acceptors (Lipinski definition) is 2. The van der Waals surface area contributed by atoms with E-state index in [1.807, 2.05) is 31.2 Å². The van der Waals surface area contributed by atoms with Gasteiger partial charge in [0.2, 0.25) is 5.91 Å². The number of hydrogen-bond donors (Lipinski definition) is 1. The van der Waals surface area contributed by atoms with Crippen LogP contribution in [0.4, 0.5) is 4.39 Å². The highest BCUT2D eigenvalue weighted by Gasteiger charge is 2.31. The minimum absolute atomic E-state index is 0.0650. The minimum atomic E-state index is -0.293. The van der Waals surface area contributed by atoms with Crippen LogP contribution in [-0.2, 0) is 16.0 Å². The van der Waals surface area contributed by atoms with E-state index < -0.39 is 0 Å². The van der Waals surface area contributed by atoms with E-state index in [4.69, 9.17) is 16.3 Å². The van der Waals surface area contributed by atoms with Gasteiger partial charge in [-0.05, 0) is 49.1 Å². The normalized spacial score (nSPS) is 19.9. The van der Waals surface area contributed by atoms with E-state index in [0.717, 1.165) is 24.0 Å². The molecule has 2 aromatic rings. The van der Waals surface area contributed by atoms with E-state index in [1.54, 1.807) is 6.07 Å². The van der Waals surface area contributed by atoms with Crippen molar-refractivity contribution >= 4 is 17.5 Å². The predicted octanol–water partition coefficient (Wildman–Crippen LogP) is 4.23. The average Bonchev–Trinajstić information content (AvgIpc) is 2.95. The third-order valence-corrected chi connectivity index (χ3v) is 4.72. The lowest BCUT2D eigenvalue weighted by Gasteiger charge is -2.11. The molecule has 0 aromatic heterocycles. The van der Waals surface area contributed by atoms with Crippen molar-refractivity contribution in [3.8, 4) is 11.1 Å². The molecule has 1 N–H and O–H groups in total. The van der Waals surface area contributed by atoms with Crippen molar-refractivity contribution in [2.45, 2.75) is 25.8 Å². The van der Waals surface area contributed by atoms with Crippen molar-refractivity contribution in [1.82, 2.24) is 5.32 Å². The SMILES string of the molecule is CCOC[C@@H]1C[C@@H](Cc2ccc(-c3cc(Cl)ccc3F)cc2)NC1=O. The third-order valence-electron chi connectivity index (χ3n) is 4.48. The van der Waals surface area contributed by atoms with Gasteiger partial charge in [0, 0.05) is 23.2 Å². The van der Waals surface area contributed by atoms with Gasteiger partial charge >= 0.3 is 0 Å². The van der Waals surface area contributed by atoms with Crippen molar-refractivity contribution in [3.63, 3.8) is 0 Å². The molecule has 3 nitrogen and oxygen atoms in total. The summed E-state index contributed by atoms with van der Waals surface area (Å²) >= 11 is 5.96.